The van der Waals surface area contributed by atoms with Gasteiger partial charge in [-0.2, -0.15) is 0 Å². The molecule has 8 heteroatoms. The Morgan fingerprint density at radius 1 is 1.10 bits per heavy atom. The molecule has 0 atom stereocenters. The van der Waals surface area contributed by atoms with Gasteiger partial charge >= 0.3 is 0 Å². The second kappa shape index (κ2) is 10.1. The summed E-state index contributed by atoms with van der Waals surface area (Å²) in [6.07, 6.45) is 0. The number of hydrogen-bond acceptors (Lipinski definition) is 6. The molecule has 7 nitrogen and oxygen atoms in total. The summed E-state index contributed by atoms with van der Waals surface area (Å²) < 4.78 is 19.3. The van der Waals surface area contributed by atoms with Crippen molar-refractivity contribution in [3.05, 3.63) is 40.4 Å². The first-order valence-corrected chi connectivity index (χ1v) is 10.6. The van der Waals surface area contributed by atoms with Gasteiger partial charge < -0.3 is 29.0 Å². The topological polar surface area (TPSA) is 60.8 Å². The molecule has 1 N–H and O–H groups in total. The zero-order valence-corrected chi connectivity index (χ0v) is 19.7. The number of imidazole rings is 1. The third-order valence-corrected chi connectivity index (χ3v) is 5.52. The van der Waals surface area contributed by atoms with Crippen molar-refractivity contribution in [3.63, 3.8) is 0 Å². The van der Waals surface area contributed by atoms with Crippen LogP contribution in [0.2, 0.25) is 0 Å². The van der Waals surface area contributed by atoms with Gasteiger partial charge in [0.1, 0.15) is 5.75 Å². The highest BCUT2D eigenvalue weighted by atomic mass is 79.9. The Bertz CT molecular complexity index is 998. The van der Waals surface area contributed by atoms with E-state index in [1.54, 1.807) is 21.3 Å². The van der Waals surface area contributed by atoms with E-state index in [4.69, 9.17) is 19.2 Å². The van der Waals surface area contributed by atoms with Crippen molar-refractivity contribution in [2.24, 2.45) is 7.05 Å². The number of anilines is 3. The number of benzene rings is 2. The molecular weight excluding hydrogens is 448 g/mol. The zero-order valence-electron chi connectivity index (χ0n) is 18.2. The van der Waals surface area contributed by atoms with E-state index in [2.05, 4.69) is 42.8 Å². The van der Waals surface area contributed by atoms with Crippen LogP contribution >= 0.6 is 15.9 Å². The van der Waals surface area contributed by atoms with Crippen LogP contribution in [0.3, 0.4) is 0 Å². The summed E-state index contributed by atoms with van der Waals surface area (Å²) in [7, 11) is 7.12. The lowest BCUT2D eigenvalue weighted by Gasteiger charge is -2.25. The van der Waals surface area contributed by atoms with Crippen molar-refractivity contribution >= 4 is 44.3 Å². The van der Waals surface area contributed by atoms with Gasteiger partial charge in [-0.05, 0) is 36.8 Å². The molecular formula is C22H29BrN4O3. The second-order valence-corrected chi connectivity index (χ2v) is 7.95. The minimum atomic E-state index is 0.637. The Labute approximate surface area is 186 Å². The fourth-order valence-corrected chi connectivity index (χ4v) is 4.07. The highest BCUT2D eigenvalue weighted by molar-refractivity contribution is 9.10. The number of rotatable bonds is 10. The Balaban J connectivity index is 2.04. The van der Waals surface area contributed by atoms with Gasteiger partial charge in [0.05, 0.1) is 42.7 Å². The maximum atomic E-state index is 5.58. The third-order valence-electron chi connectivity index (χ3n) is 5.07. The minimum Gasteiger partial charge on any atom is -0.495 e. The maximum absolute atomic E-state index is 5.58. The highest BCUT2D eigenvalue weighted by Gasteiger charge is 2.18. The largest absolute Gasteiger partial charge is 0.495 e. The molecule has 162 valence electrons. The molecule has 0 saturated carbocycles. The molecule has 0 bridgehead atoms. The van der Waals surface area contributed by atoms with Crippen LogP contribution in [-0.2, 0) is 16.5 Å². The number of aryl methyl sites for hydroxylation is 2. The van der Waals surface area contributed by atoms with E-state index in [0.29, 0.717) is 13.2 Å². The number of hydrogen-bond donors (Lipinski definition) is 1. The average Bonchev–Trinajstić information content (AvgIpc) is 3.05. The molecule has 0 aliphatic carbocycles. The number of fused-ring (bicyclic) bond motifs is 1. The minimum absolute atomic E-state index is 0.637. The van der Waals surface area contributed by atoms with Crippen LogP contribution < -0.4 is 15.0 Å². The van der Waals surface area contributed by atoms with Gasteiger partial charge in [-0.1, -0.05) is 22.0 Å². The fourth-order valence-electron chi connectivity index (χ4n) is 3.52. The summed E-state index contributed by atoms with van der Waals surface area (Å²) in [6.45, 7) is 4.86. The average molecular weight is 477 g/mol. The quantitative estimate of drug-likeness (QED) is 0.464. The summed E-state index contributed by atoms with van der Waals surface area (Å²) in [5.41, 5.74) is 5.04. The maximum Gasteiger partial charge on any atom is 0.208 e. The van der Waals surface area contributed by atoms with Crippen LogP contribution in [0.15, 0.2) is 34.8 Å². The second-order valence-electron chi connectivity index (χ2n) is 7.04. The summed E-state index contributed by atoms with van der Waals surface area (Å²) in [5, 5.41) is 3.47. The van der Waals surface area contributed by atoms with Gasteiger partial charge in [0, 0.05) is 38.8 Å². The number of para-hydroxylation sites is 1. The summed E-state index contributed by atoms with van der Waals surface area (Å²) in [5.74, 6) is 1.51. The number of aromatic nitrogens is 2. The normalized spacial score (nSPS) is 11.1. The van der Waals surface area contributed by atoms with Gasteiger partial charge in [0.15, 0.2) is 0 Å². The lowest BCUT2D eigenvalue weighted by atomic mass is 10.2. The first-order chi connectivity index (χ1) is 14.5. The molecule has 0 aliphatic rings. The van der Waals surface area contributed by atoms with Crippen molar-refractivity contribution in [2.75, 3.05) is 57.8 Å². The lowest BCUT2D eigenvalue weighted by molar-refractivity contribution is 0.190. The van der Waals surface area contributed by atoms with E-state index in [1.807, 2.05) is 32.2 Å². The number of nitrogens with one attached hydrogen (secondary N) is 1. The molecule has 0 radical (unpaired) electrons. The molecule has 0 fully saturated rings. The number of methoxy groups -OCH3 is 3. The van der Waals surface area contributed by atoms with E-state index in [0.717, 1.165) is 57.2 Å². The highest BCUT2D eigenvalue weighted by Crippen LogP contribution is 2.36. The van der Waals surface area contributed by atoms with Crippen molar-refractivity contribution < 1.29 is 14.2 Å². The molecule has 3 aromatic rings. The number of ether oxygens (including phenoxy) is 3. The Kier molecular flexibility index (Phi) is 7.58. The molecule has 0 unspecified atom stereocenters. The Hall–Kier alpha value is -2.29. The molecule has 3 rings (SSSR count). The Morgan fingerprint density at radius 3 is 2.43 bits per heavy atom. The van der Waals surface area contributed by atoms with Crippen LogP contribution in [0.5, 0.6) is 5.75 Å². The molecule has 0 spiro atoms. The first-order valence-electron chi connectivity index (χ1n) is 9.79. The van der Waals surface area contributed by atoms with Gasteiger partial charge in [-0.3, -0.25) is 0 Å². The molecule has 30 heavy (non-hydrogen) atoms. The van der Waals surface area contributed by atoms with Crippen LogP contribution in [0.4, 0.5) is 17.3 Å². The van der Waals surface area contributed by atoms with Crippen molar-refractivity contribution in [2.45, 2.75) is 6.92 Å². The number of nitrogens with zero attached hydrogens (tertiary/aromatic N) is 3. The summed E-state index contributed by atoms with van der Waals surface area (Å²) >= 11 is 3.53. The predicted molar refractivity (Wildman–Crippen MR) is 125 cm³/mol. The molecule has 1 heterocycles. The van der Waals surface area contributed by atoms with Gasteiger partial charge in [-0.25, -0.2) is 4.98 Å². The smallest absolute Gasteiger partial charge is 0.208 e. The van der Waals surface area contributed by atoms with E-state index in [-0.39, 0.29) is 0 Å². The molecule has 0 aliphatic heterocycles. The summed E-state index contributed by atoms with van der Waals surface area (Å²) in [4.78, 5) is 7.12. The molecule has 2 aromatic carbocycles. The van der Waals surface area contributed by atoms with Crippen LogP contribution in [0.1, 0.15) is 5.56 Å². The van der Waals surface area contributed by atoms with E-state index >= 15 is 0 Å². The molecule has 0 amide bonds. The van der Waals surface area contributed by atoms with Crippen LogP contribution in [-0.4, -0.2) is 57.2 Å². The third kappa shape index (κ3) is 4.71. The predicted octanol–water partition coefficient (Wildman–Crippen LogP) is 4.50. The SMILES string of the molecule is COCCN(CCOC)c1cccc2nc(Nc3c(C)cc(Br)cc3OC)n(C)c12. The summed E-state index contributed by atoms with van der Waals surface area (Å²) in [6, 6.07) is 10.2. The van der Waals surface area contributed by atoms with E-state index < -0.39 is 0 Å². The van der Waals surface area contributed by atoms with Gasteiger partial charge in [-0.15, -0.1) is 0 Å². The molecule has 1 aromatic heterocycles. The van der Waals surface area contributed by atoms with Gasteiger partial charge in [0.2, 0.25) is 5.95 Å². The Morgan fingerprint density at radius 2 is 1.80 bits per heavy atom. The van der Waals surface area contributed by atoms with Crippen molar-refractivity contribution in [3.8, 4) is 5.75 Å². The van der Waals surface area contributed by atoms with E-state index in [9.17, 15) is 0 Å². The molecule has 0 saturated heterocycles. The van der Waals surface area contributed by atoms with E-state index in [1.165, 1.54) is 0 Å². The van der Waals surface area contributed by atoms with Crippen molar-refractivity contribution in [1.82, 2.24) is 9.55 Å². The van der Waals surface area contributed by atoms with Crippen LogP contribution in [0, 0.1) is 6.92 Å². The van der Waals surface area contributed by atoms with Crippen LogP contribution in [0.25, 0.3) is 11.0 Å². The fraction of sp³-hybridized carbons (Fsp3) is 0.409. The standard InChI is InChI=1S/C22H29BrN4O3/c1-15-13-16(23)14-19(30-5)20(15)25-22-24-17-7-6-8-18(21(17)26(22)2)27(9-11-28-3)10-12-29-4/h6-8,13-14H,9-12H2,1-5H3,(H,24,25). The first kappa shape index (κ1) is 22.4. The lowest BCUT2D eigenvalue weighted by Crippen LogP contribution is -2.31. The van der Waals surface area contributed by atoms with Gasteiger partial charge in [0.25, 0.3) is 0 Å². The monoisotopic (exact) mass is 476 g/mol. The van der Waals surface area contributed by atoms with Crippen molar-refractivity contribution in [1.29, 1.82) is 0 Å². The number of halogens is 1. The zero-order chi connectivity index (χ0) is 21.7.